The molecule has 2 rings (SSSR count). The van der Waals surface area contributed by atoms with Gasteiger partial charge < -0.3 is 5.32 Å². The minimum Gasteiger partial charge on any atom is -0.381 e. The summed E-state index contributed by atoms with van der Waals surface area (Å²) in [4.78, 5) is 4.38. The Morgan fingerprint density at radius 2 is 2.05 bits per heavy atom. The molecule has 0 aliphatic carbocycles. The number of sulfone groups is 1. The van der Waals surface area contributed by atoms with Gasteiger partial charge in [0.1, 0.15) is 0 Å². The first-order chi connectivity index (χ1) is 9.43. The Morgan fingerprint density at radius 3 is 2.75 bits per heavy atom. The number of rotatable bonds is 5. The molecule has 0 bridgehead atoms. The van der Waals surface area contributed by atoms with Crippen molar-refractivity contribution in [1.29, 1.82) is 0 Å². The largest absolute Gasteiger partial charge is 0.381 e. The van der Waals surface area contributed by atoms with Gasteiger partial charge in [0, 0.05) is 29.1 Å². The van der Waals surface area contributed by atoms with Gasteiger partial charge in [0.05, 0.1) is 11.3 Å². The van der Waals surface area contributed by atoms with Crippen molar-refractivity contribution in [2.24, 2.45) is 0 Å². The Kier molecular flexibility index (Phi) is 4.28. The SMILES string of the molecule is CCS(=O)(=O)CC(C)Nc1ccc(C)c2ncccc12. The first-order valence-electron chi connectivity index (χ1n) is 6.74. The van der Waals surface area contributed by atoms with Crippen molar-refractivity contribution in [2.75, 3.05) is 16.8 Å². The van der Waals surface area contributed by atoms with Crippen LogP contribution in [0.5, 0.6) is 0 Å². The van der Waals surface area contributed by atoms with Crippen LogP contribution in [-0.2, 0) is 9.84 Å². The van der Waals surface area contributed by atoms with E-state index in [0.717, 1.165) is 22.2 Å². The number of aryl methyl sites for hydroxylation is 1. The van der Waals surface area contributed by atoms with Gasteiger partial charge in [0.25, 0.3) is 0 Å². The molecule has 0 saturated heterocycles. The highest BCUT2D eigenvalue weighted by atomic mass is 32.2. The number of aromatic nitrogens is 1. The van der Waals surface area contributed by atoms with E-state index >= 15 is 0 Å². The lowest BCUT2D eigenvalue weighted by Gasteiger charge is -2.17. The first-order valence-corrected chi connectivity index (χ1v) is 8.56. The van der Waals surface area contributed by atoms with Crippen molar-refractivity contribution in [3.05, 3.63) is 36.0 Å². The summed E-state index contributed by atoms with van der Waals surface area (Å²) in [6, 6.07) is 7.73. The van der Waals surface area contributed by atoms with Crippen LogP contribution in [0.15, 0.2) is 30.5 Å². The van der Waals surface area contributed by atoms with E-state index in [1.807, 2.05) is 38.1 Å². The Hall–Kier alpha value is -1.62. The molecule has 0 radical (unpaired) electrons. The fourth-order valence-corrected chi connectivity index (χ4v) is 3.33. The van der Waals surface area contributed by atoms with Gasteiger partial charge in [0.2, 0.25) is 0 Å². The van der Waals surface area contributed by atoms with Crippen molar-refractivity contribution in [1.82, 2.24) is 4.98 Å². The van der Waals surface area contributed by atoms with E-state index in [-0.39, 0.29) is 17.5 Å². The molecular formula is C15H20N2O2S. The molecule has 1 N–H and O–H groups in total. The molecule has 0 aliphatic heterocycles. The van der Waals surface area contributed by atoms with E-state index in [4.69, 9.17) is 0 Å². The molecule has 1 atom stereocenters. The van der Waals surface area contributed by atoms with Gasteiger partial charge in [0.15, 0.2) is 9.84 Å². The fraction of sp³-hybridized carbons (Fsp3) is 0.400. The molecule has 1 aromatic carbocycles. The van der Waals surface area contributed by atoms with Crippen LogP contribution in [0.3, 0.4) is 0 Å². The lowest BCUT2D eigenvalue weighted by molar-refractivity contribution is 0.593. The van der Waals surface area contributed by atoms with Crippen LogP contribution in [0.2, 0.25) is 0 Å². The topological polar surface area (TPSA) is 59.1 Å². The van der Waals surface area contributed by atoms with Crippen LogP contribution < -0.4 is 5.32 Å². The van der Waals surface area contributed by atoms with E-state index in [0.29, 0.717) is 0 Å². The third-order valence-corrected chi connectivity index (χ3v) is 5.20. The number of benzene rings is 1. The summed E-state index contributed by atoms with van der Waals surface area (Å²) in [6.07, 6.45) is 1.77. The molecule has 108 valence electrons. The van der Waals surface area contributed by atoms with E-state index in [1.54, 1.807) is 13.1 Å². The minimum atomic E-state index is -2.98. The van der Waals surface area contributed by atoms with Gasteiger partial charge in [-0.15, -0.1) is 0 Å². The van der Waals surface area contributed by atoms with Gasteiger partial charge in [-0.1, -0.05) is 13.0 Å². The maximum atomic E-state index is 11.7. The number of pyridine rings is 1. The summed E-state index contributed by atoms with van der Waals surface area (Å²) in [5, 5.41) is 4.30. The molecule has 1 unspecified atom stereocenters. The highest BCUT2D eigenvalue weighted by Crippen LogP contribution is 2.25. The summed E-state index contributed by atoms with van der Waals surface area (Å²) < 4.78 is 23.3. The van der Waals surface area contributed by atoms with Gasteiger partial charge >= 0.3 is 0 Å². The second-order valence-corrected chi connectivity index (χ2v) is 7.47. The highest BCUT2D eigenvalue weighted by Gasteiger charge is 2.14. The molecule has 2 aromatic rings. The maximum absolute atomic E-state index is 11.7. The number of fused-ring (bicyclic) bond motifs is 1. The highest BCUT2D eigenvalue weighted by molar-refractivity contribution is 7.91. The molecule has 0 amide bonds. The zero-order valence-corrected chi connectivity index (χ0v) is 12.9. The molecule has 4 nitrogen and oxygen atoms in total. The van der Waals surface area contributed by atoms with Crippen molar-refractivity contribution in [3.63, 3.8) is 0 Å². The maximum Gasteiger partial charge on any atom is 0.152 e. The molecular weight excluding hydrogens is 272 g/mol. The summed E-state index contributed by atoms with van der Waals surface area (Å²) in [5.74, 6) is 0.314. The van der Waals surface area contributed by atoms with Gasteiger partial charge in [-0.25, -0.2) is 8.42 Å². The molecule has 0 saturated carbocycles. The predicted molar refractivity (Wildman–Crippen MR) is 83.9 cm³/mol. The van der Waals surface area contributed by atoms with Crippen LogP contribution in [0, 0.1) is 6.92 Å². The van der Waals surface area contributed by atoms with Gasteiger partial charge in [-0.3, -0.25) is 4.98 Å². The summed E-state index contributed by atoms with van der Waals surface area (Å²) in [6.45, 7) is 5.58. The molecule has 1 heterocycles. The summed E-state index contributed by atoms with van der Waals surface area (Å²) in [7, 11) is -2.98. The van der Waals surface area contributed by atoms with Crippen molar-refractivity contribution in [3.8, 4) is 0 Å². The van der Waals surface area contributed by atoms with Crippen LogP contribution >= 0.6 is 0 Å². The van der Waals surface area contributed by atoms with E-state index < -0.39 is 9.84 Å². The van der Waals surface area contributed by atoms with Crippen LogP contribution in [0.25, 0.3) is 10.9 Å². The van der Waals surface area contributed by atoms with Crippen LogP contribution in [0.4, 0.5) is 5.69 Å². The molecule has 0 fully saturated rings. The first kappa shape index (κ1) is 14.8. The Balaban J connectivity index is 2.29. The second kappa shape index (κ2) is 5.79. The van der Waals surface area contributed by atoms with E-state index in [2.05, 4.69) is 10.3 Å². The number of hydrogen-bond acceptors (Lipinski definition) is 4. The van der Waals surface area contributed by atoms with E-state index in [1.165, 1.54) is 0 Å². The third-order valence-electron chi connectivity index (χ3n) is 3.32. The Labute approximate surface area is 120 Å². The molecule has 5 heteroatoms. The summed E-state index contributed by atoms with van der Waals surface area (Å²) >= 11 is 0. The van der Waals surface area contributed by atoms with Gasteiger partial charge in [-0.2, -0.15) is 0 Å². The Morgan fingerprint density at radius 1 is 1.30 bits per heavy atom. The molecule has 0 aliphatic rings. The lowest BCUT2D eigenvalue weighted by Crippen LogP contribution is -2.26. The molecule has 0 spiro atoms. The molecule has 20 heavy (non-hydrogen) atoms. The van der Waals surface area contributed by atoms with Crippen molar-refractivity contribution in [2.45, 2.75) is 26.8 Å². The second-order valence-electron chi connectivity index (χ2n) is 5.07. The monoisotopic (exact) mass is 292 g/mol. The number of nitrogens with one attached hydrogen (secondary N) is 1. The van der Waals surface area contributed by atoms with E-state index in [9.17, 15) is 8.42 Å². The predicted octanol–water partition coefficient (Wildman–Crippen LogP) is 2.78. The lowest BCUT2D eigenvalue weighted by atomic mass is 10.1. The zero-order valence-electron chi connectivity index (χ0n) is 12.1. The molecule has 1 aromatic heterocycles. The average molecular weight is 292 g/mol. The third kappa shape index (κ3) is 3.28. The normalized spacial score (nSPS) is 13.3. The minimum absolute atomic E-state index is 0.133. The number of nitrogens with zero attached hydrogens (tertiary/aromatic N) is 1. The fourth-order valence-electron chi connectivity index (χ4n) is 2.25. The zero-order chi connectivity index (χ0) is 14.8. The number of anilines is 1. The smallest absolute Gasteiger partial charge is 0.152 e. The number of hydrogen-bond donors (Lipinski definition) is 1. The standard InChI is InChI=1S/C15H20N2O2S/c1-4-20(18,19)10-12(3)17-14-8-7-11(2)15-13(14)6-5-9-16-15/h5-9,12,17H,4,10H2,1-3H3. The van der Waals surface area contributed by atoms with Crippen molar-refractivity contribution < 1.29 is 8.42 Å². The van der Waals surface area contributed by atoms with Crippen LogP contribution in [0.1, 0.15) is 19.4 Å². The van der Waals surface area contributed by atoms with Gasteiger partial charge in [-0.05, 0) is 37.6 Å². The average Bonchev–Trinajstić information content (AvgIpc) is 2.42. The Bertz CT molecular complexity index is 711. The quantitative estimate of drug-likeness (QED) is 0.920. The summed E-state index contributed by atoms with van der Waals surface area (Å²) in [5.41, 5.74) is 2.99. The van der Waals surface area contributed by atoms with Crippen LogP contribution in [-0.4, -0.2) is 30.9 Å². The van der Waals surface area contributed by atoms with Crippen molar-refractivity contribution >= 4 is 26.4 Å².